The van der Waals surface area contributed by atoms with Crippen LogP contribution in [0.25, 0.3) is 33.2 Å². The van der Waals surface area contributed by atoms with Gasteiger partial charge < -0.3 is 4.74 Å². The minimum absolute atomic E-state index is 0.299. The molecule has 0 aliphatic heterocycles. The quantitative estimate of drug-likeness (QED) is 0.336. The number of pyridine rings is 1. The van der Waals surface area contributed by atoms with Gasteiger partial charge in [0.15, 0.2) is 9.84 Å². The number of hydrogen-bond donors (Lipinski definition) is 0. The Morgan fingerprint density at radius 3 is 1.97 bits per heavy atom. The van der Waals surface area contributed by atoms with Crippen LogP contribution < -0.4 is 4.74 Å². The maximum absolute atomic E-state index is 11.7. The van der Waals surface area contributed by atoms with Gasteiger partial charge in [0.1, 0.15) is 5.75 Å². The van der Waals surface area contributed by atoms with E-state index in [4.69, 9.17) is 32.9 Å². The van der Waals surface area contributed by atoms with E-state index in [0.29, 0.717) is 20.7 Å². The number of nitrogens with zero attached hydrogens (tertiary/aromatic N) is 1. The fraction of sp³-hybridized carbons (Fsp3) is 0.125. The van der Waals surface area contributed by atoms with Crippen LogP contribution in [0.1, 0.15) is 5.69 Å². The lowest BCUT2D eigenvalue weighted by atomic mass is 9.98. The van der Waals surface area contributed by atoms with Crippen molar-refractivity contribution in [1.82, 2.24) is 4.98 Å². The van der Waals surface area contributed by atoms with Gasteiger partial charge in [-0.1, -0.05) is 59.6 Å². The van der Waals surface area contributed by atoms with E-state index in [2.05, 4.69) is 0 Å². The van der Waals surface area contributed by atoms with Gasteiger partial charge in [0.05, 0.1) is 27.6 Å². The van der Waals surface area contributed by atoms with Gasteiger partial charge in [-0.15, -0.1) is 0 Å². The van der Waals surface area contributed by atoms with Gasteiger partial charge in [-0.25, -0.2) is 8.42 Å². The minimum Gasteiger partial charge on any atom is -0.495 e. The Labute approximate surface area is 191 Å². The molecular weight excluding hydrogens is 453 g/mol. The van der Waals surface area contributed by atoms with E-state index in [9.17, 15) is 8.42 Å². The summed E-state index contributed by atoms with van der Waals surface area (Å²) in [6.07, 6.45) is 1.20. The molecule has 0 aliphatic carbocycles. The van der Waals surface area contributed by atoms with Crippen molar-refractivity contribution in [2.24, 2.45) is 0 Å². The maximum Gasteiger partial charge on any atom is 0.175 e. The van der Waals surface area contributed by atoms with Crippen molar-refractivity contribution >= 4 is 43.9 Å². The summed E-state index contributed by atoms with van der Waals surface area (Å²) >= 11 is 13.1. The van der Waals surface area contributed by atoms with E-state index >= 15 is 0 Å². The Balaban J connectivity index is 1.75. The highest BCUT2D eigenvalue weighted by atomic mass is 35.5. The Bertz CT molecular complexity index is 1400. The zero-order valence-corrected chi connectivity index (χ0v) is 19.4. The van der Waals surface area contributed by atoms with Gasteiger partial charge >= 0.3 is 0 Å². The average molecular weight is 472 g/mol. The summed E-state index contributed by atoms with van der Waals surface area (Å²) in [5.74, 6) is 0.552. The van der Waals surface area contributed by atoms with E-state index in [1.165, 1.54) is 6.26 Å². The normalized spacial score (nSPS) is 11.6. The van der Waals surface area contributed by atoms with Crippen molar-refractivity contribution in [2.75, 3.05) is 13.4 Å². The lowest BCUT2D eigenvalue weighted by Crippen LogP contribution is -1.96. The number of hydrogen-bond acceptors (Lipinski definition) is 4. The summed E-state index contributed by atoms with van der Waals surface area (Å²) in [4.78, 5) is 4.99. The SMILES string of the molecule is COc1cc2nc(C)c(-c3ccc(-c4ccc(S(C)(=O)=O)cc4)cc3)c(Cl)c2cc1Cl. The van der Waals surface area contributed by atoms with Gasteiger partial charge in [-0.3, -0.25) is 4.98 Å². The molecule has 0 spiro atoms. The van der Waals surface area contributed by atoms with Crippen molar-refractivity contribution in [3.8, 4) is 28.0 Å². The molecular formula is C24H19Cl2NO3S. The van der Waals surface area contributed by atoms with Gasteiger partial charge in [0.25, 0.3) is 0 Å². The Morgan fingerprint density at radius 1 is 0.871 bits per heavy atom. The predicted octanol–water partition coefficient (Wildman–Crippen LogP) is 6.60. The first-order valence-corrected chi connectivity index (χ1v) is 12.1. The molecule has 0 N–H and O–H groups in total. The minimum atomic E-state index is -3.22. The topological polar surface area (TPSA) is 56.3 Å². The molecule has 0 radical (unpaired) electrons. The highest BCUT2D eigenvalue weighted by Crippen LogP contribution is 2.39. The number of halogens is 2. The Hall–Kier alpha value is -2.60. The molecule has 7 heteroatoms. The number of sulfone groups is 1. The van der Waals surface area contributed by atoms with Crippen molar-refractivity contribution < 1.29 is 13.2 Å². The van der Waals surface area contributed by atoms with Crippen LogP contribution in [0.3, 0.4) is 0 Å². The standard InChI is InChI=1S/C24H19Cl2NO3S/c1-14-23(24(26)19-12-20(25)22(30-2)13-21(19)27-14)17-6-4-15(5-7-17)16-8-10-18(11-9-16)31(3,28)29/h4-13H,1-3H3. The molecule has 4 nitrogen and oxygen atoms in total. The van der Waals surface area contributed by atoms with Gasteiger partial charge in [-0.2, -0.15) is 0 Å². The van der Waals surface area contributed by atoms with Crippen LogP contribution in [0.2, 0.25) is 10.0 Å². The molecule has 158 valence electrons. The summed E-state index contributed by atoms with van der Waals surface area (Å²) in [5, 5.41) is 1.81. The molecule has 0 unspecified atom stereocenters. The van der Waals surface area contributed by atoms with E-state index in [1.807, 2.05) is 31.2 Å². The highest BCUT2D eigenvalue weighted by Gasteiger charge is 2.16. The average Bonchev–Trinajstić information content (AvgIpc) is 2.74. The third kappa shape index (κ3) is 4.13. The van der Waals surface area contributed by atoms with Crippen LogP contribution in [-0.4, -0.2) is 26.8 Å². The van der Waals surface area contributed by atoms with Crippen LogP contribution >= 0.6 is 23.2 Å². The van der Waals surface area contributed by atoms with Crippen LogP contribution in [-0.2, 0) is 9.84 Å². The highest BCUT2D eigenvalue weighted by molar-refractivity contribution is 7.90. The summed E-state index contributed by atoms with van der Waals surface area (Å²) < 4.78 is 28.6. The van der Waals surface area contributed by atoms with E-state index < -0.39 is 9.84 Å². The number of rotatable bonds is 4. The van der Waals surface area contributed by atoms with Crippen molar-refractivity contribution in [2.45, 2.75) is 11.8 Å². The first-order chi connectivity index (χ1) is 14.7. The van der Waals surface area contributed by atoms with Gasteiger partial charge in [0.2, 0.25) is 0 Å². The van der Waals surface area contributed by atoms with E-state index in [0.717, 1.165) is 38.9 Å². The zero-order valence-electron chi connectivity index (χ0n) is 17.1. The third-order valence-corrected chi connectivity index (χ3v) is 6.98. The summed E-state index contributed by atoms with van der Waals surface area (Å²) in [5.41, 5.74) is 5.19. The first-order valence-electron chi connectivity index (χ1n) is 9.43. The fourth-order valence-electron chi connectivity index (χ4n) is 3.56. The fourth-order valence-corrected chi connectivity index (χ4v) is 4.83. The lowest BCUT2D eigenvalue weighted by molar-refractivity contribution is 0.415. The van der Waals surface area contributed by atoms with Crippen LogP contribution in [0.15, 0.2) is 65.6 Å². The molecule has 4 aromatic rings. The lowest BCUT2D eigenvalue weighted by Gasteiger charge is -2.13. The first kappa shape index (κ1) is 21.6. The largest absolute Gasteiger partial charge is 0.495 e. The second-order valence-electron chi connectivity index (χ2n) is 7.26. The zero-order chi connectivity index (χ0) is 22.3. The molecule has 4 rings (SSSR count). The van der Waals surface area contributed by atoms with Crippen LogP contribution in [0, 0.1) is 6.92 Å². The molecule has 0 amide bonds. The molecule has 0 fully saturated rings. The molecule has 0 saturated heterocycles. The number of ether oxygens (including phenoxy) is 1. The second-order valence-corrected chi connectivity index (χ2v) is 10.1. The predicted molar refractivity (Wildman–Crippen MR) is 127 cm³/mol. The number of methoxy groups -OCH3 is 1. The molecule has 0 aliphatic rings. The third-order valence-electron chi connectivity index (χ3n) is 5.17. The number of aromatic nitrogens is 1. The molecule has 1 heterocycles. The van der Waals surface area contributed by atoms with E-state index in [1.54, 1.807) is 43.5 Å². The number of fused-ring (bicyclic) bond motifs is 1. The van der Waals surface area contributed by atoms with E-state index in [-0.39, 0.29) is 0 Å². The van der Waals surface area contributed by atoms with Gasteiger partial charge in [-0.05, 0) is 41.8 Å². The molecule has 0 bridgehead atoms. The summed E-state index contributed by atoms with van der Waals surface area (Å²) in [6, 6.07) is 18.3. The Morgan fingerprint density at radius 2 is 1.42 bits per heavy atom. The number of benzene rings is 3. The Kier molecular flexibility index (Phi) is 5.69. The molecule has 1 aromatic heterocycles. The van der Waals surface area contributed by atoms with Gasteiger partial charge in [0, 0.05) is 29.0 Å². The van der Waals surface area contributed by atoms with Crippen molar-refractivity contribution in [3.63, 3.8) is 0 Å². The maximum atomic E-state index is 11.7. The van der Waals surface area contributed by atoms with Crippen molar-refractivity contribution in [1.29, 1.82) is 0 Å². The molecule has 31 heavy (non-hydrogen) atoms. The number of aryl methyl sites for hydroxylation is 1. The van der Waals surface area contributed by atoms with Crippen LogP contribution in [0.4, 0.5) is 0 Å². The summed E-state index contributed by atoms with van der Waals surface area (Å²) in [6.45, 7) is 1.92. The van der Waals surface area contributed by atoms with Crippen LogP contribution in [0.5, 0.6) is 5.75 Å². The molecule has 0 saturated carbocycles. The smallest absolute Gasteiger partial charge is 0.175 e. The monoisotopic (exact) mass is 471 g/mol. The van der Waals surface area contributed by atoms with Crippen molar-refractivity contribution in [3.05, 3.63) is 76.4 Å². The second kappa shape index (κ2) is 8.15. The molecule has 0 atom stereocenters. The summed E-state index contributed by atoms with van der Waals surface area (Å²) in [7, 11) is -1.66. The molecule has 3 aromatic carbocycles.